The van der Waals surface area contributed by atoms with Crippen molar-refractivity contribution < 1.29 is 0 Å². The lowest BCUT2D eigenvalue weighted by molar-refractivity contribution is 0.0138. The number of thiol groups is 1. The molecule has 6 unspecified atom stereocenters. The molecule has 3 rings (SSSR count). The lowest BCUT2D eigenvalue weighted by atomic mass is 9.56. The highest BCUT2D eigenvalue weighted by atomic mass is 32.1. The highest BCUT2D eigenvalue weighted by molar-refractivity contribution is 7.80. The lowest BCUT2D eigenvalue weighted by Gasteiger charge is -2.50. The van der Waals surface area contributed by atoms with Crippen LogP contribution in [0.5, 0.6) is 0 Å². The van der Waals surface area contributed by atoms with E-state index in [0.717, 1.165) is 41.3 Å². The van der Waals surface area contributed by atoms with Crippen molar-refractivity contribution in [2.45, 2.75) is 64.7 Å². The second-order valence-electron chi connectivity index (χ2n) is 7.38. The molecule has 3 aliphatic carbocycles. The van der Waals surface area contributed by atoms with E-state index < -0.39 is 0 Å². The Kier molecular flexibility index (Phi) is 4.28. The second-order valence-corrected chi connectivity index (χ2v) is 7.74. The van der Waals surface area contributed by atoms with Crippen molar-refractivity contribution in [1.29, 1.82) is 0 Å². The molecule has 1 heteroatoms. The van der Waals surface area contributed by atoms with Crippen LogP contribution in [-0.4, -0.2) is 5.75 Å². The molecule has 0 saturated heterocycles. The third-order valence-electron chi connectivity index (χ3n) is 6.58. The Morgan fingerprint density at radius 1 is 0.778 bits per heavy atom. The van der Waals surface area contributed by atoms with Gasteiger partial charge in [-0.3, -0.25) is 0 Å². The molecule has 3 saturated carbocycles. The average Bonchev–Trinajstić information content (AvgIpc) is 2.43. The Labute approximate surface area is 119 Å². The van der Waals surface area contributed by atoms with Gasteiger partial charge in [0, 0.05) is 0 Å². The van der Waals surface area contributed by atoms with E-state index in [0.29, 0.717) is 0 Å². The summed E-state index contributed by atoms with van der Waals surface area (Å²) in [5.41, 5.74) is 0. The largest absolute Gasteiger partial charge is 0.179 e. The molecule has 0 amide bonds. The summed E-state index contributed by atoms with van der Waals surface area (Å²) in [7, 11) is 0. The van der Waals surface area contributed by atoms with Gasteiger partial charge in [-0.2, -0.15) is 12.6 Å². The first-order valence-electron chi connectivity index (χ1n) is 8.42. The van der Waals surface area contributed by atoms with Gasteiger partial charge in [0.25, 0.3) is 0 Å². The first kappa shape index (κ1) is 13.3. The van der Waals surface area contributed by atoms with Crippen LogP contribution in [0.4, 0.5) is 0 Å². The van der Waals surface area contributed by atoms with E-state index in [1.807, 2.05) is 0 Å². The van der Waals surface area contributed by atoms with Crippen LogP contribution in [0.15, 0.2) is 0 Å². The van der Waals surface area contributed by atoms with Crippen LogP contribution in [-0.2, 0) is 0 Å². The van der Waals surface area contributed by atoms with E-state index >= 15 is 0 Å². The Bertz CT molecular complexity index is 235. The summed E-state index contributed by atoms with van der Waals surface area (Å²) >= 11 is 4.63. The molecule has 6 atom stereocenters. The summed E-state index contributed by atoms with van der Waals surface area (Å²) in [6.07, 6.45) is 13.8. The molecule has 18 heavy (non-hydrogen) atoms. The second kappa shape index (κ2) is 5.77. The van der Waals surface area contributed by atoms with Crippen molar-refractivity contribution in [2.24, 2.45) is 35.5 Å². The minimum atomic E-state index is 0.930. The van der Waals surface area contributed by atoms with E-state index in [1.54, 1.807) is 25.7 Å². The van der Waals surface area contributed by atoms with Gasteiger partial charge in [-0.15, -0.1) is 0 Å². The van der Waals surface area contributed by atoms with E-state index in [9.17, 15) is 0 Å². The van der Waals surface area contributed by atoms with Crippen molar-refractivity contribution in [3.05, 3.63) is 0 Å². The SMILES string of the molecule is CCC1CC2CC3CCCCC3CC2CC1CS. The Morgan fingerprint density at radius 3 is 1.83 bits per heavy atom. The standard InChI is InChI=1S/C17H30S/c1-2-12-7-15-8-13-5-3-4-6-14(13)9-16(15)10-17(12)11-18/h12-18H,2-11H2,1H3. The van der Waals surface area contributed by atoms with Crippen LogP contribution in [0.25, 0.3) is 0 Å². The van der Waals surface area contributed by atoms with Crippen LogP contribution >= 0.6 is 12.6 Å². The van der Waals surface area contributed by atoms with Gasteiger partial charge in [-0.1, -0.05) is 39.0 Å². The van der Waals surface area contributed by atoms with E-state index in [1.165, 1.54) is 32.1 Å². The molecule has 0 aromatic heterocycles. The molecule has 0 aromatic carbocycles. The quantitative estimate of drug-likeness (QED) is 0.654. The Balaban J connectivity index is 1.67. The fourth-order valence-corrected chi connectivity index (χ4v) is 5.98. The molecule has 0 radical (unpaired) electrons. The normalized spacial score (nSPS) is 48.3. The summed E-state index contributed by atoms with van der Waals surface area (Å²) < 4.78 is 0. The summed E-state index contributed by atoms with van der Waals surface area (Å²) in [5, 5.41) is 0. The van der Waals surface area contributed by atoms with Crippen LogP contribution < -0.4 is 0 Å². The molecule has 0 heterocycles. The van der Waals surface area contributed by atoms with Gasteiger partial charge in [0.05, 0.1) is 0 Å². The van der Waals surface area contributed by atoms with Crippen molar-refractivity contribution in [2.75, 3.05) is 5.75 Å². The molecule has 0 spiro atoms. The van der Waals surface area contributed by atoms with Gasteiger partial charge in [0.15, 0.2) is 0 Å². The average molecular weight is 266 g/mol. The lowest BCUT2D eigenvalue weighted by Crippen LogP contribution is -2.40. The van der Waals surface area contributed by atoms with Gasteiger partial charge >= 0.3 is 0 Å². The van der Waals surface area contributed by atoms with Crippen molar-refractivity contribution >= 4 is 12.6 Å². The molecule has 3 fully saturated rings. The fourth-order valence-electron chi connectivity index (χ4n) is 5.53. The van der Waals surface area contributed by atoms with Crippen molar-refractivity contribution in [3.63, 3.8) is 0 Å². The van der Waals surface area contributed by atoms with Crippen LogP contribution in [0.1, 0.15) is 64.7 Å². The van der Waals surface area contributed by atoms with E-state index in [4.69, 9.17) is 0 Å². The first-order chi connectivity index (χ1) is 8.81. The highest BCUT2D eigenvalue weighted by Gasteiger charge is 2.43. The summed E-state index contributed by atoms with van der Waals surface area (Å²) in [6.45, 7) is 2.40. The molecule has 0 aliphatic heterocycles. The minimum absolute atomic E-state index is 0.930. The molecule has 3 aliphatic rings. The van der Waals surface area contributed by atoms with Gasteiger partial charge in [0.1, 0.15) is 0 Å². The molecular weight excluding hydrogens is 236 g/mol. The molecule has 0 aromatic rings. The maximum Gasteiger partial charge on any atom is -0.00667 e. The van der Waals surface area contributed by atoms with Gasteiger partial charge in [0.2, 0.25) is 0 Å². The van der Waals surface area contributed by atoms with Crippen molar-refractivity contribution in [3.8, 4) is 0 Å². The zero-order valence-corrected chi connectivity index (χ0v) is 12.9. The summed E-state index contributed by atoms with van der Waals surface area (Å²) in [4.78, 5) is 0. The highest BCUT2D eigenvalue weighted by Crippen LogP contribution is 2.52. The first-order valence-corrected chi connectivity index (χ1v) is 9.05. The van der Waals surface area contributed by atoms with Gasteiger partial charge < -0.3 is 0 Å². The molecular formula is C17H30S. The number of rotatable bonds is 2. The zero-order chi connectivity index (χ0) is 12.5. The maximum absolute atomic E-state index is 4.63. The number of hydrogen-bond donors (Lipinski definition) is 1. The summed E-state index contributed by atoms with van der Waals surface area (Å²) in [6, 6.07) is 0. The third kappa shape index (κ3) is 2.49. The van der Waals surface area contributed by atoms with E-state index in [-0.39, 0.29) is 0 Å². The topological polar surface area (TPSA) is 0 Å². The molecule has 104 valence electrons. The predicted octanol–water partition coefficient (Wildman–Crippen LogP) is 5.19. The number of hydrogen-bond acceptors (Lipinski definition) is 1. The maximum atomic E-state index is 4.63. The molecule has 0 bridgehead atoms. The number of fused-ring (bicyclic) bond motifs is 2. The molecule has 0 nitrogen and oxygen atoms in total. The monoisotopic (exact) mass is 266 g/mol. The predicted molar refractivity (Wildman–Crippen MR) is 82.0 cm³/mol. The van der Waals surface area contributed by atoms with Crippen molar-refractivity contribution in [1.82, 2.24) is 0 Å². The zero-order valence-electron chi connectivity index (χ0n) is 12.0. The Hall–Kier alpha value is 0.350. The van der Waals surface area contributed by atoms with E-state index in [2.05, 4.69) is 19.6 Å². The minimum Gasteiger partial charge on any atom is -0.179 e. The Morgan fingerprint density at radius 2 is 1.33 bits per heavy atom. The van der Waals surface area contributed by atoms with Gasteiger partial charge in [-0.25, -0.2) is 0 Å². The summed E-state index contributed by atoms with van der Waals surface area (Å²) in [5.74, 6) is 7.44. The van der Waals surface area contributed by atoms with Gasteiger partial charge in [-0.05, 0) is 66.9 Å². The van der Waals surface area contributed by atoms with Crippen LogP contribution in [0, 0.1) is 35.5 Å². The fraction of sp³-hybridized carbons (Fsp3) is 1.00. The van der Waals surface area contributed by atoms with Crippen LogP contribution in [0.3, 0.4) is 0 Å². The third-order valence-corrected chi connectivity index (χ3v) is 7.05. The molecule has 0 N–H and O–H groups in total. The van der Waals surface area contributed by atoms with Crippen LogP contribution in [0.2, 0.25) is 0 Å². The smallest absolute Gasteiger partial charge is 0.00667 e.